The van der Waals surface area contributed by atoms with E-state index in [2.05, 4.69) is 11.8 Å². The molecule has 1 rings (SSSR count). The van der Waals surface area contributed by atoms with Gasteiger partial charge < -0.3 is 5.11 Å². The molecule has 0 aliphatic rings. The van der Waals surface area contributed by atoms with Gasteiger partial charge in [0.1, 0.15) is 0 Å². The van der Waals surface area contributed by atoms with Gasteiger partial charge in [-0.05, 0) is 5.56 Å². The van der Waals surface area contributed by atoms with Crippen molar-refractivity contribution in [3.63, 3.8) is 0 Å². The Balaban J connectivity index is 0.00000144. The zero-order chi connectivity index (χ0) is 8.81. The topological polar surface area (TPSA) is 37.3 Å². The van der Waals surface area contributed by atoms with Crippen LogP contribution in [0.4, 0.5) is 0 Å². The molecular weight excluding hydrogens is 175 g/mol. The molecule has 0 atom stereocenters. The summed E-state index contributed by atoms with van der Waals surface area (Å²) in [6, 6.07) is 9.54. The monoisotopic (exact) mass is 183 g/mol. The van der Waals surface area contributed by atoms with Crippen LogP contribution in [0.1, 0.15) is 5.56 Å². The second-order valence-corrected chi connectivity index (χ2v) is 2.27. The third-order valence-electron chi connectivity index (χ3n) is 1.33. The van der Waals surface area contributed by atoms with Crippen molar-refractivity contribution in [1.82, 2.24) is 0 Å². The Morgan fingerprint density at radius 3 is 2.46 bits per heavy atom. The van der Waals surface area contributed by atoms with Crippen LogP contribution in [-0.4, -0.2) is 40.6 Å². The van der Waals surface area contributed by atoms with Gasteiger partial charge in [-0.3, -0.25) is 0 Å². The van der Waals surface area contributed by atoms with E-state index in [4.69, 9.17) is 5.11 Å². The van der Waals surface area contributed by atoms with E-state index in [1.54, 1.807) is 0 Å². The molecular formula is C10H8NaO2. The Kier molecular flexibility index (Phi) is 6.34. The van der Waals surface area contributed by atoms with E-state index < -0.39 is 5.97 Å². The molecule has 0 fully saturated rings. The largest absolute Gasteiger partial charge is 0.472 e. The summed E-state index contributed by atoms with van der Waals surface area (Å²) in [6.45, 7) is 0. The van der Waals surface area contributed by atoms with Crippen LogP contribution in [0, 0.1) is 11.8 Å². The summed E-state index contributed by atoms with van der Waals surface area (Å²) in [5, 5.41) is 8.22. The van der Waals surface area contributed by atoms with Crippen LogP contribution in [0.25, 0.3) is 0 Å². The van der Waals surface area contributed by atoms with Gasteiger partial charge in [-0.25, -0.2) is 4.79 Å². The van der Waals surface area contributed by atoms with E-state index in [1.807, 2.05) is 30.3 Å². The van der Waals surface area contributed by atoms with Crippen molar-refractivity contribution < 1.29 is 9.90 Å². The molecule has 61 valence electrons. The summed E-state index contributed by atoms with van der Waals surface area (Å²) in [4.78, 5) is 10.0. The molecule has 1 radical (unpaired) electrons. The Hall–Kier alpha value is -0.750. The summed E-state index contributed by atoms with van der Waals surface area (Å²) >= 11 is 0. The Labute approximate surface area is 99.3 Å². The Bertz CT molecular complexity index is 322. The van der Waals surface area contributed by atoms with Gasteiger partial charge >= 0.3 is 5.97 Å². The number of carboxylic acid groups (broad SMARTS) is 1. The molecule has 0 aliphatic carbocycles. The van der Waals surface area contributed by atoms with E-state index in [1.165, 1.54) is 0 Å². The Morgan fingerprint density at radius 1 is 1.31 bits per heavy atom. The molecule has 3 heteroatoms. The fourth-order valence-electron chi connectivity index (χ4n) is 0.818. The number of carboxylic acids is 1. The van der Waals surface area contributed by atoms with Crippen LogP contribution in [0.15, 0.2) is 30.3 Å². The first-order valence-electron chi connectivity index (χ1n) is 3.55. The normalized spacial score (nSPS) is 7.69. The van der Waals surface area contributed by atoms with Crippen LogP contribution < -0.4 is 0 Å². The standard InChI is InChI=1S/C10H8O2.Na/c11-10(12)8-4-7-9-5-2-1-3-6-9;/h1-3,5-6H,7H2,(H,11,12);. The molecule has 0 saturated carbocycles. The molecule has 0 aromatic heterocycles. The predicted molar refractivity (Wildman–Crippen MR) is 51.3 cm³/mol. The maximum absolute atomic E-state index is 10.0. The van der Waals surface area contributed by atoms with E-state index >= 15 is 0 Å². The minimum absolute atomic E-state index is 0. The molecule has 0 heterocycles. The van der Waals surface area contributed by atoms with Crippen LogP contribution in [0.2, 0.25) is 0 Å². The smallest absolute Gasteiger partial charge is 0.381 e. The number of rotatable bonds is 1. The zero-order valence-electron chi connectivity index (χ0n) is 7.45. The third kappa shape index (κ3) is 5.48. The van der Waals surface area contributed by atoms with Crippen molar-refractivity contribution in [3.8, 4) is 11.8 Å². The van der Waals surface area contributed by atoms with Gasteiger partial charge in [0, 0.05) is 41.9 Å². The van der Waals surface area contributed by atoms with Crippen molar-refractivity contribution in [2.45, 2.75) is 6.42 Å². The van der Waals surface area contributed by atoms with E-state index in [9.17, 15) is 4.79 Å². The molecule has 0 unspecified atom stereocenters. The van der Waals surface area contributed by atoms with Gasteiger partial charge in [-0.1, -0.05) is 36.3 Å². The van der Waals surface area contributed by atoms with Crippen LogP contribution >= 0.6 is 0 Å². The predicted octanol–water partition coefficient (Wildman–Crippen LogP) is 0.936. The van der Waals surface area contributed by atoms with Crippen LogP contribution in [0.3, 0.4) is 0 Å². The van der Waals surface area contributed by atoms with Gasteiger partial charge in [0.05, 0.1) is 0 Å². The molecule has 0 aliphatic heterocycles. The zero-order valence-corrected chi connectivity index (χ0v) is 9.45. The quantitative estimate of drug-likeness (QED) is 0.519. The summed E-state index contributed by atoms with van der Waals surface area (Å²) in [5.41, 5.74) is 1.03. The molecule has 1 aromatic carbocycles. The molecule has 0 spiro atoms. The minimum Gasteiger partial charge on any atom is -0.472 e. The molecule has 0 amide bonds. The summed E-state index contributed by atoms with van der Waals surface area (Å²) < 4.78 is 0. The Morgan fingerprint density at radius 2 is 1.92 bits per heavy atom. The maximum Gasteiger partial charge on any atom is 0.381 e. The number of carbonyl (C=O) groups is 1. The van der Waals surface area contributed by atoms with Gasteiger partial charge in [0.2, 0.25) is 0 Å². The summed E-state index contributed by atoms with van der Waals surface area (Å²) in [6.07, 6.45) is 0.493. The second kappa shape index (κ2) is 6.73. The molecule has 13 heavy (non-hydrogen) atoms. The SMILES string of the molecule is O=C(O)C#CCc1ccccc1.[Na]. The van der Waals surface area contributed by atoms with Gasteiger partial charge in [-0.15, -0.1) is 0 Å². The molecule has 2 nitrogen and oxygen atoms in total. The van der Waals surface area contributed by atoms with Gasteiger partial charge in [0.15, 0.2) is 0 Å². The number of aliphatic carboxylic acids is 1. The van der Waals surface area contributed by atoms with Crippen molar-refractivity contribution in [2.24, 2.45) is 0 Å². The average molecular weight is 183 g/mol. The van der Waals surface area contributed by atoms with Crippen LogP contribution in [-0.2, 0) is 11.2 Å². The van der Waals surface area contributed by atoms with E-state index in [-0.39, 0.29) is 29.6 Å². The first-order chi connectivity index (χ1) is 5.79. The van der Waals surface area contributed by atoms with Crippen molar-refractivity contribution in [2.75, 3.05) is 0 Å². The molecule has 0 bridgehead atoms. The molecule has 1 aromatic rings. The van der Waals surface area contributed by atoms with Gasteiger partial charge in [0.25, 0.3) is 0 Å². The first kappa shape index (κ1) is 12.2. The maximum atomic E-state index is 10.0. The van der Waals surface area contributed by atoms with Crippen molar-refractivity contribution in [1.29, 1.82) is 0 Å². The summed E-state index contributed by atoms with van der Waals surface area (Å²) in [5.74, 6) is 3.53. The summed E-state index contributed by atoms with van der Waals surface area (Å²) in [7, 11) is 0. The second-order valence-electron chi connectivity index (χ2n) is 2.27. The molecule has 0 saturated heterocycles. The van der Waals surface area contributed by atoms with Gasteiger partial charge in [-0.2, -0.15) is 0 Å². The number of hydrogen-bond donors (Lipinski definition) is 1. The number of hydrogen-bond acceptors (Lipinski definition) is 1. The average Bonchev–Trinajstić information content (AvgIpc) is 2.05. The fourth-order valence-corrected chi connectivity index (χ4v) is 0.818. The minimum atomic E-state index is -1.08. The van der Waals surface area contributed by atoms with Crippen molar-refractivity contribution >= 4 is 35.5 Å². The fraction of sp³-hybridized carbons (Fsp3) is 0.100. The first-order valence-corrected chi connectivity index (χ1v) is 3.55. The van der Waals surface area contributed by atoms with Crippen LogP contribution in [0.5, 0.6) is 0 Å². The molecule has 1 N–H and O–H groups in total. The third-order valence-corrected chi connectivity index (χ3v) is 1.33. The van der Waals surface area contributed by atoms with E-state index in [0.29, 0.717) is 6.42 Å². The van der Waals surface area contributed by atoms with E-state index in [0.717, 1.165) is 5.56 Å². The van der Waals surface area contributed by atoms with Crippen molar-refractivity contribution in [3.05, 3.63) is 35.9 Å². The number of benzene rings is 1.